The number of carbonyl (C=O) groups is 2. The molecule has 3 aliphatic rings. The molecule has 4 heterocycles. The van der Waals surface area contributed by atoms with Crippen molar-refractivity contribution < 1.29 is 14.3 Å². The number of methoxy groups -OCH3 is 1. The largest absolute Gasteiger partial charge is 0.467 e. The lowest BCUT2D eigenvalue weighted by Crippen LogP contribution is -2.47. The van der Waals surface area contributed by atoms with Crippen LogP contribution in [0, 0.1) is 0 Å². The van der Waals surface area contributed by atoms with Crippen molar-refractivity contribution in [3.05, 3.63) is 47.2 Å². The average molecular weight is 533 g/mol. The van der Waals surface area contributed by atoms with E-state index in [1.165, 1.54) is 12.7 Å². The number of hydrogen-bond acceptors (Lipinski definition) is 9. The lowest BCUT2D eigenvalue weighted by Gasteiger charge is -2.32. The molecule has 3 amide bonds. The van der Waals surface area contributed by atoms with Crippen molar-refractivity contribution in [2.45, 2.75) is 63.2 Å². The van der Waals surface area contributed by atoms with Crippen LogP contribution in [0.2, 0.25) is 0 Å². The minimum atomic E-state index is -0.601. The first-order chi connectivity index (χ1) is 18.8. The highest BCUT2D eigenvalue weighted by Gasteiger charge is 2.47. The second kappa shape index (κ2) is 9.40. The number of aromatic amines is 1. The zero-order valence-corrected chi connectivity index (χ0v) is 22.1. The smallest absolute Gasteiger partial charge is 0.322 e. The molecule has 13 heteroatoms. The van der Waals surface area contributed by atoms with Gasteiger partial charge in [-0.3, -0.25) is 9.89 Å². The van der Waals surface area contributed by atoms with Crippen LogP contribution in [0.25, 0.3) is 0 Å². The van der Waals surface area contributed by atoms with Gasteiger partial charge >= 0.3 is 12.0 Å². The zero-order valence-electron chi connectivity index (χ0n) is 22.1. The summed E-state index contributed by atoms with van der Waals surface area (Å²) in [5.74, 6) is 0.944. The van der Waals surface area contributed by atoms with Crippen molar-refractivity contribution in [1.29, 1.82) is 0 Å². The van der Waals surface area contributed by atoms with Gasteiger partial charge in [0, 0.05) is 24.1 Å². The first-order valence-corrected chi connectivity index (χ1v) is 13.1. The number of ether oxygens (including phenoxy) is 1. The van der Waals surface area contributed by atoms with Crippen LogP contribution in [-0.4, -0.2) is 67.7 Å². The molecule has 1 aliphatic carbocycles. The van der Waals surface area contributed by atoms with Crippen LogP contribution in [0.1, 0.15) is 55.8 Å². The zero-order chi connectivity index (χ0) is 27.3. The molecule has 204 valence electrons. The summed E-state index contributed by atoms with van der Waals surface area (Å²) in [6.45, 7) is 4.94. The van der Waals surface area contributed by atoms with E-state index in [1.807, 2.05) is 36.9 Å². The van der Waals surface area contributed by atoms with Crippen LogP contribution < -0.4 is 26.0 Å². The summed E-state index contributed by atoms with van der Waals surface area (Å²) in [6, 6.07) is 9.87. The first-order valence-electron chi connectivity index (χ1n) is 13.1. The number of benzene rings is 1. The number of fused-ring (bicyclic) bond motifs is 1. The fraction of sp³-hybridized carbons (Fsp3) is 0.462. The lowest BCUT2D eigenvalue weighted by molar-refractivity contribution is -0.119. The Kier molecular flexibility index (Phi) is 6.00. The maximum Gasteiger partial charge on any atom is 0.322 e. The minimum Gasteiger partial charge on any atom is -0.467 e. The number of hydrogen-bond donors (Lipinski definition) is 4. The molecule has 2 unspecified atom stereocenters. The number of carbonyl (C=O) groups excluding carboxylic acids is 2. The van der Waals surface area contributed by atoms with Gasteiger partial charge in [-0.2, -0.15) is 20.1 Å². The molecule has 39 heavy (non-hydrogen) atoms. The van der Waals surface area contributed by atoms with Gasteiger partial charge in [0.25, 0.3) is 0 Å². The summed E-state index contributed by atoms with van der Waals surface area (Å²) < 4.78 is 5.29. The van der Waals surface area contributed by atoms with Crippen LogP contribution in [0.3, 0.4) is 0 Å². The Labute approximate surface area is 225 Å². The molecule has 0 bridgehead atoms. The van der Waals surface area contributed by atoms with Gasteiger partial charge in [-0.1, -0.05) is 30.3 Å². The highest BCUT2D eigenvalue weighted by Crippen LogP contribution is 2.43. The summed E-state index contributed by atoms with van der Waals surface area (Å²) in [5.41, 5.74) is 7.92. The number of amides is 3. The summed E-state index contributed by atoms with van der Waals surface area (Å²) in [4.78, 5) is 42.0. The molecule has 2 fully saturated rings. The molecular formula is C26H32N10O3. The van der Waals surface area contributed by atoms with Gasteiger partial charge in [-0.25, -0.2) is 4.79 Å². The summed E-state index contributed by atoms with van der Waals surface area (Å²) >= 11 is 0. The van der Waals surface area contributed by atoms with Crippen LogP contribution in [0.15, 0.2) is 30.3 Å². The van der Waals surface area contributed by atoms with E-state index in [0.29, 0.717) is 37.2 Å². The molecule has 1 saturated heterocycles. The predicted octanol–water partition coefficient (Wildman–Crippen LogP) is 2.12. The third-order valence-corrected chi connectivity index (χ3v) is 7.90. The van der Waals surface area contributed by atoms with E-state index in [2.05, 4.69) is 47.9 Å². The molecule has 3 aromatic rings. The van der Waals surface area contributed by atoms with Gasteiger partial charge in [0.05, 0.1) is 24.9 Å². The highest BCUT2D eigenvalue weighted by atomic mass is 16.5. The normalized spacial score (nSPS) is 22.9. The van der Waals surface area contributed by atoms with Crippen molar-refractivity contribution in [1.82, 2.24) is 35.4 Å². The minimum absolute atomic E-state index is 0.100. The number of aromatic nitrogens is 5. The van der Waals surface area contributed by atoms with Crippen LogP contribution in [-0.2, 0) is 16.9 Å². The first kappa shape index (κ1) is 24.9. The molecule has 1 saturated carbocycles. The van der Waals surface area contributed by atoms with Crippen LogP contribution in [0.5, 0.6) is 6.01 Å². The highest BCUT2D eigenvalue weighted by molar-refractivity contribution is 5.83. The van der Waals surface area contributed by atoms with Crippen molar-refractivity contribution in [2.75, 3.05) is 23.9 Å². The van der Waals surface area contributed by atoms with E-state index in [1.54, 1.807) is 4.90 Å². The fourth-order valence-corrected chi connectivity index (χ4v) is 5.63. The maximum atomic E-state index is 13.4. The third kappa shape index (κ3) is 4.47. The molecule has 5 N–H and O–H groups in total. The Balaban J connectivity index is 1.19. The molecule has 6 rings (SSSR count). The number of anilines is 3. The Hall–Kier alpha value is -4.42. The standard InChI is InChI=1S/C26H32N10O3/c1-26(2)19-16(13-36(26)25(38)28-17-12-15(17)14-8-5-4-6-9-14)21(34-33-19)29-22-30-23(32-24(31-22)39-3)35-11-7-10-18(35)20(27)37/h4-6,8-9,15,17-18H,7,10-13H2,1-3H3,(H2,27,37)(H,28,38)(H2,29,30,31,32,33,34)/t15?,17?,18-/m0/s1. The number of rotatable bonds is 7. The third-order valence-electron chi connectivity index (χ3n) is 7.90. The van der Waals surface area contributed by atoms with Gasteiger partial charge in [0.1, 0.15) is 6.04 Å². The second-order valence-corrected chi connectivity index (χ2v) is 10.7. The lowest BCUT2D eigenvalue weighted by atomic mass is 10.0. The van der Waals surface area contributed by atoms with E-state index in [-0.39, 0.29) is 24.0 Å². The molecule has 13 nitrogen and oxygen atoms in total. The van der Waals surface area contributed by atoms with Gasteiger partial charge in [-0.05, 0) is 38.7 Å². The van der Waals surface area contributed by atoms with E-state index in [4.69, 9.17) is 10.5 Å². The topological polar surface area (TPSA) is 167 Å². The molecule has 1 aromatic carbocycles. The van der Waals surface area contributed by atoms with Crippen molar-refractivity contribution in [2.24, 2.45) is 5.73 Å². The molecule has 2 aliphatic heterocycles. The van der Waals surface area contributed by atoms with E-state index in [9.17, 15) is 9.59 Å². The Bertz CT molecular complexity index is 1410. The van der Waals surface area contributed by atoms with Crippen LogP contribution in [0.4, 0.5) is 22.5 Å². The van der Waals surface area contributed by atoms with E-state index >= 15 is 0 Å². The Morgan fingerprint density at radius 3 is 2.72 bits per heavy atom. The van der Waals surface area contributed by atoms with E-state index < -0.39 is 17.5 Å². The predicted molar refractivity (Wildman–Crippen MR) is 143 cm³/mol. The molecule has 3 atom stereocenters. The number of H-pyrrole nitrogens is 1. The van der Waals surface area contributed by atoms with Gasteiger partial charge in [0.15, 0.2) is 5.82 Å². The van der Waals surface area contributed by atoms with Gasteiger partial charge in [0.2, 0.25) is 17.8 Å². The van der Waals surface area contributed by atoms with Crippen LogP contribution >= 0.6 is 0 Å². The van der Waals surface area contributed by atoms with Crippen molar-refractivity contribution in [3.8, 4) is 6.01 Å². The number of nitrogens with zero attached hydrogens (tertiary/aromatic N) is 6. The monoisotopic (exact) mass is 532 g/mol. The maximum absolute atomic E-state index is 13.4. The summed E-state index contributed by atoms with van der Waals surface area (Å²) in [5, 5.41) is 13.9. The molecule has 0 radical (unpaired) electrons. The number of primary amides is 1. The SMILES string of the molecule is COc1nc(Nc2n[nH]c3c2CN(C(=O)NC2CC2c2ccccc2)C3(C)C)nc(N2CCC[C@H]2C(N)=O)n1. The second-order valence-electron chi connectivity index (χ2n) is 10.7. The number of nitrogens with two attached hydrogens (primary N) is 1. The van der Waals surface area contributed by atoms with Gasteiger partial charge < -0.3 is 30.9 Å². The summed E-state index contributed by atoms with van der Waals surface area (Å²) in [6.07, 6.45) is 2.37. The molecule has 0 spiro atoms. The van der Waals surface area contributed by atoms with E-state index in [0.717, 1.165) is 24.1 Å². The Morgan fingerprint density at radius 2 is 1.97 bits per heavy atom. The average Bonchev–Trinajstić information content (AvgIpc) is 3.24. The van der Waals surface area contributed by atoms with Crippen molar-refractivity contribution in [3.63, 3.8) is 0 Å². The quantitative estimate of drug-likeness (QED) is 0.356. The molecule has 2 aromatic heterocycles. The number of urea groups is 1. The summed E-state index contributed by atoms with van der Waals surface area (Å²) in [7, 11) is 1.46. The van der Waals surface area contributed by atoms with Gasteiger partial charge in [-0.15, -0.1) is 0 Å². The fourth-order valence-electron chi connectivity index (χ4n) is 5.63. The number of nitrogens with one attached hydrogen (secondary N) is 3. The van der Waals surface area contributed by atoms with Crippen molar-refractivity contribution >= 4 is 29.7 Å². The Morgan fingerprint density at radius 1 is 1.18 bits per heavy atom. The molecular weight excluding hydrogens is 500 g/mol.